The number of fused-ring (bicyclic) bond motifs is 1. The maximum atomic E-state index is 13.4. The summed E-state index contributed by atoms with van der Waals surface area (Å²) in [7, 11) is 0. The predicted octanol–water partition coefficient (Wildman–Crippen LogP) is 3.16. The summed E-state index contributed by atoms with van der Waals surface area (Å²) in [5.41, 5.74) is 0.706. The molecule has 1 aliphatic heterocycles. The molecule has 1 heterocycles. The minimum atomic E-state index is -1.01. The normalized spacial score (nSPS) is 15.8. The van der Waals surface area contributed by atoms with Crippen molar-refractivity contribution in [2.75, 3.05) is 13.2 Å². The summed E-state index contributed by atoms with van der Waals surface area (Å²) in [4.78, 5) is 24.4. The van der Waals surface area contributed by atoms with E-state index < -0.39 is 29.6 Å². The van der Waals surface area contributed by atoms with Gasteiger partial charge in [-0.2, -0.15) is 0 Å². The molecule has 0 spiro atoms. The molecular weight excluding hydrogens is 460 g/mol. The quantitative estimate of drug-likeness (QED) is 0.398. The van der Waals surface area contributed by atoms with Crippen LogP contribution in [0.25, 0.3) is 0 Å². The van der Waals surface area contributed by atoms with Gasteiger partial charge in [-0.15, -0.1) is 0 Å². The van der Waals surface area contributed by atoms with Crippen molar-refractivity contribution in [3.63, 3.8) is 0 Å². The molecule has 8 nitrogen and oxygen atoms in total. The van der Waals surface area contributed by atoms with E-state index in [9.17, 15) is 23.6 Å². The Labute approximate surface area is 192 Å². The molecule has 2 aromatic rings. The first-order valence-electron chi connectivity index (χ1n) is 9.77. The van der Waals surface area contributed by atoms with Crippen molar-refractivity contribution in [1.29, 1.82) is 0 Å². The van der Waals surface area contributed by atoms with Gasteiger partial charge in [0.1, 0.15) is 23.1 Å². The molecule has 1 atom stereocenters. The van der Waals surface area contributed by atoms with Crippen LogP contribution in [-0.4, -0.2) is 42.0 Å². The number of nitrogens with one attached hydrogen (secondary N) is 2. The number of benzene rings is 2. The van der Waals surface area contributed by atoms with Gasteiger partial charge in [0, 0.05) is 36.7 Å². The molecule has 0 saturated carbocycles. The molecule has 0 aliphatic carbocycles. The number of amides is 2. The van der Waals surface area contributed by atoms with Gasteiger partial charge in [0.05, 0.1) is 10.7 Å². The van der Waals surface area contributed by atoms with Crippen molar-refractivity contribution in [1.82, 2.24) is 10.6 Å². The topological polar surface area (TPSA) is 109 Å². The standard InChI is InChI=1S/C22H20ClF2N3O5/c1-12(6-7-26-21(29)11-32-14-3-4-16(23)17(25)9-14)27-22(30)20-10-18(28-31)15-8-13(24)2-5-19(15)33-20/h2-5,8-9,20,31H,1,6-7,10-11H2,(H,26,29)(H,27,30)/b28-18+. The van der Waals surface area contributed by atoms with E-state index in [1.165, 1.54) is 24.3 Å². The molecule has 0 bridgehead atoms. The Hall–Kier alpha value is -3.66. The van der Waals surface area contributed by atoms with Gasteiger partial charge in [-0.05, 0) is 30.3 Å². The summed E-state index contributed by atoms with van der Waals surface area (Å²) in [6.07, 6.45) is -0.845. The van der Waals surface area contributed by atoms with Crippen LogP contribution in [-0.2, 0) is 9.59 Å². The molecule has 11 heteroatoms. The van der Waals surface area contributed by atoms with Gasteiger partial charge < -0.3 is 25.3 Å². The minimum Gasteiger partial charge on any atom is -0.484 e. The van der Waals surface area contributed by atoms with Gasteiger partial charge in [-0.3, -0.25) is 9.59 Å². The first-order valence-corrected chi connectivity index (χ1v) is 10.2. The summed E-state index contributed by atoms with van der Waals surface area (Å²) in [6, 6.07) is 7.50. The maximum Gasteiger partial charge on any atom is 0.265 e. The van der Waals surface area contributed by atoms with E-state index >= 15 is 0 Å². The molecule has 2 aromatic carbocycles. The molecule has 1 unspecified atom stereocenters. The van der Waals surface area contributed by atoms with Gasteiger partial charge >= 0.3 is 0 Å². The maximum absolute atomic E-state index is 13.4. The number of oxime groups is 1. The third-order valence-corrected chi connectivity index (χ3v) is 4.93. The van der Waals surface area contributed by atoms with Crippen molar-refractivity contribution >= 4 is 29.1 Å². The van der Waals surface area contributed by atoms with Gasteiger partial charge in [0.25, 0.3) is 11.8 Å². The Morgan fingerprint density at radius 3 is 2.79 bits per heavy atom. The van der Waals surface area contributed by atoms with Crippen molar-refractivity contribution in [2.45, 2.75) is 18.9 Å². The van der Waals surface area contributed by atoms with Gasteiger partial charge in [-0.1, -0.05) is 23.3 Å². The molecule has 174 valence electrons. The summed E-state index contributed by atoms with van der Waals surface area (Å²) in [6.45, 7) is 3.57. The zero-order valence-electron chi connectivity index (χ0n) is 17.2. The Bertz CT molecular complexity index is 1110. The number of hydrogen-bond donors (Lipinski definition) is 3. The largest absolute Gasteiger partial charge is 0.484 e. The number of halogens is 3. The second-order valence-electron chi connectivity index (χ2n) is 7.06. The fourth-order valence-corrected chi connectivity index (χ4v) is 3.11. The molecule has 2 amide bonds. The van der Waals surface area contributed by atoms with Gasteiger partial charge in [0.15, 0.2) is 12.7 Å². The van der Waals surface area contributed by atoms with E-state index in [0.717, 1.165) is 12.1 Å². The molecule has 33 heavy (non-hydrogen) atoms. The third-order valence-electron chi connectivity index (χ3n) is 4.62. The predicted molar refractivity (Wildman–Crippen MR) is 116 cm³/mol. The van der Waals surface area contributed by atoms with E-state index in [-0.39, 0.29) is 53.8 Å². The Balaban J connectivity index is 1.42. The lowest BCUT2D eigenvalue weighted by molar-refractivity contribution is -0.127. The molecule has 0 aromatic heterocycles. The molecule has 0 saturated heterocycles. The monoisotopic (exact) mass is 479 g/mol. The van der Waals surface area contributed by atoms with Crippen LogP contribution in [0.4, 0.5) is 8.78 Å². The molecule has 1 aliphatic rings. The number of rotatable bonds is 8. The summed E-state index contributed by atoms with van der Waals surface area (Å²) < 4.78 is 37.6. The fraction of sp³-hybridized carbons (Fsp3) is 0.227. The van der Waals surface area contributed by atoms with E-state index in [2.05, 4.69) is 22.4 Å². The lowest BCUT2D eigenvalue weighted by atomic mass is 9.99. The Morgan fingerprint density at radius 2 is 2.06 bits per heavy atom. The summed E-state index contributed by atoms with van der Waals surface area (Å²) in [5.74, 6) is -1.79. The van der Waals surface area contributed by atoms with Crippen LogP contribution in [0.1, 0.15) is 18.4 Å². The highest BCUT2D eigenvalue weighted by atomic mass is 35.5. The molecule has 3 N–H and O–H groups in total. The molecule has 0 fully saturated rings. The van der Waals surface area contributed by atoms with Crippen LogP contribution in [0.5, 0.6) is 11.5 Å². The second kappa shape index (κ2) is 10.8. The SMILES string of the molecule is C=C(CCNC(=O)COc1ccc(Cl)c(F)c1)NC(=O)C1C/C(=N\O)c2cc(F)ccc2O1. The number of ether oxygens (including phenoxy) is 2. The van der Waals surface area contributed by atoms with Gasteiger partial charge in [0.2, 0.25) is 0 Å². The van der Waals surface area contributed by atoms with Crippen molar-refractivity contribution in [3.8, 4) is 11.5 Å². The smallest absolute Gasteiger partial charge is 0.265 e. The van der Waals surface area contributed by atoms with Crippen molar-refractivity contribution < 1.29 is 33.1 Å². The van der Waals surface area contributed by atoms with Crippen LogP contribution in [0.15, 0.2) is 53.8 Å². The Kier molecular flexibility index (Phi) is 7.83. The molecule has 3 rings (SSSR count). The van der Waals surface area contributed by atoms with Gasteiger partial charge in [-0.25, -0.2) is 8.78 Å². The fourth-order valence-electron chi connectivity index (χ4n) is 2.99. The Morgan fingerprint density at radius 1 is 1.27 bits per heavy atom. The number of nitrogens with zero attached hydrogens (tertiary/aromatic N) is 1. The van der Waals surface area contributed by atoms with Crippen molar-refractivity contribution in [3.05, 3.63) is 70.9 Å². The van der Waals surface area contributed by atoms with Crippen LogP contribution >= 0.6 is 11.6 Å². The summed E-state index contributed by atoms with van der Waals surface area (Å²) in [5, 5.41) is 17.5. The average molecular weight is 480 g/mol. The van der Waals surface area contributed by atoms with E-state index in [1.54, 1.807) is 0 Å². The van der Waals surface area contributed by atoms with E-state index in [1.807, 2.05) is 0 Å². The number of hydrogen-bond acceptors (Lipinski definition) is 6. The number of carbonyl (C=O) groups is 2. The van der Waals surface area contributed by atoms with Crippen LogP contribution < -0.4 is 20.1 Å². The zero-order chi connectivity index (χ0) is 24.0. The van der Waals surface area contributed by atoms with E-state index in [4.69, 9.17) is 21.1 Å². The minimum absolute atomic E-state index is 0.0519. The molecular formula is C22H20ClF2N3O5. The third kappa shape index (κ3) is 6.42. The van der Waals surface area contributed by atoms with Crippen LogP contribution in [0, 0.1) is 11.6 Å². The van der Waals surface area contributed by atoms with Crippen LogP contribution in [0.3, 0.4) is 0 Å². The zero-order valence-corrected chi connectivity index (χ0v) is 18.0. The van der Waals surface area contributed by atoms with E-state index in [0.29, 0.717) is 5.70 Å². The first kappa shape index (κ1) is 24.0. The average Bonchev–Trinajstić information content (AvgIpc) is 2.79. The highest BCUT2D eigenvalue weighted by molar-refractivity contribution is 6.30. The van der Waals surface area contributed by atoms with Crippen LogP contribution in [0.2, 0.25) is 5.02 Å². The number of carbonyl (C=O) groups excluding carboxylic acids is 2. The lowest BCUT2D eigenvalue weighted by Gasteiger charge is -2.26. The second-order valence-corrected chi connectivity index (χ2v) is 7.46. The molecule has 0 radical (unpaired) electrons. The highest BCUT2D eigenvalue weighted by Crippen LogP contribution is 2.29. The first-order chi connectivity index (χ1) is 15.8. The lowest BCUT2D eigenvalue weighted by Crippen LogP contribution is -2.42. The summed E-state index contributed by atoms with van der Waals surface area (Å²) >= 11 is 5.58. The van der Waals surface area contributed by atoms with Crippen molar-refractivity contribution in [2.24, 2.45) is 5.16 Å². The highest BCUT2D eigenvalue weighted by Gasteiger charge is 2.31.